The van der Waals surface area contributed by atoms with Crippen LogP contribution in [-0.2, 0) is 4.79 Å². The Morgan fingerprint density at radius 2 is 1.79 bits per heavy atom. The summed E-state index contributed by atoms with van der Waals surface area (Å²) in [5.41, 5.74) is 0.341. The minimum atomic E-state index is -0.277. The van der Waals surface area contributed by atoms with Gasteiger partial charge in [-0.05, 0) is 86.8 Å². The van der Waals surface area contributed by atoms with Gasteiger partial charge in [0.15, 0.2) is 0 Å². The Labute approximate surface area is 179 Å². The van der Waals surface area contributed by atoms with Crippen LogP contribution in [0.3, 0.4) is 0 Å². The lowest BCUT2D eigenvalue weighted by Gasteiger charge is -2.59. The number of halogens is 1. The maximum atomic E-state index is 13.5. The first kappa shape index (κ1) is 18.9. The molecule has 0 spiro atoms. The van der Waals surface area contributed by atoms with E-state index in [1.807, 2.05) is 36.4 Å². The molecular weight excluding hydrogens is 432 g/mol. The zero-order valence-corrected chi connectivity index (χ0v) is 18.1. The van der Waals surface area contributed by atoms with E-state index in [0.29, 0.717) is 29.2 Å². The second-order valence-corrected chi connectivity index (χ2v) is 10.7. The number of nitrogens with zero attached hydrogens (tertiary/aromatic N) is 1. The molecule has 152 valence electrons. The molecule has 4 aliphatic rings. The van der Waals surface area contributed by atoms with Crippen LogP contribution in [0.15, 0.2) is 42.6 Å². The van der Waals surface area contributed by atoms with Gasteiger partial charge in [0.1, 0.15) is 17.2 Å². The van der Waals surface area contributed by atoms with E-state index in [4.69, 9.17) is 9.47 Å². The van der Waals surface area contributed by atoms with Crippen molar-refractivity contribution in [2.75, 3.05) is 12.4 Å². The fourth-order valence-corrected chi connectivity index (χ4v) is 7.45. The molecule has 1 heterocycles. The third-order valence-corrected chi connectivity index (χ3v) is 7.69. The third kappa shape index (κ3) is 3.52. The SMILES string of the molecule is COc1ccc(Oc2ncccc2NC(=O)C23C[C@H]4C[C@@H](CC(Br)(C4)C2)C3)cc1. The summed E-state index contributed by atoms with van der Waals surface area (Å²) >= 11 is 3.99. The van der Waals surface area contributed by atoms with Crippen LogP contribution >= 0.6 is 15.9 Å². The molecule has 6 rings (SSSR count). The highest BCUT2D eigenvalue weighted by Crippen LogP contribution is 2.64. The van der Waals surface area contributed by atoms with Crippen molar-refractivity contribution in [1.29, 1.82) is 0 Å². The number of carbonyl (C=O) groups excluding carboxylic acids is 1. The highest BCUT2D eigenvalue weighted by molar-refractivity contribution is 9.10. The van der Waals surface area contributed by atoms with Gasteiger partial charge in [0.25, 0.3) is 0 Å². The average molecular weight is 457 g/mol. The van der Waals surface area contributed by atoms with Gasteiger partial charge in [-0.1, -0.05) is 15.9 Å². The lowest BCUT2D eigenvalue weighted by Crippen LogP contribution is -2.57. The van der Waals surface area contributed by atoms with E-state index < -0.39 is 0 Å². The summed E-state index contributed by atoms with van der Waals surface area (Å²) < 4.78 is 11.3. The van der Waals surface area contributed by atoms with Crippen molar-refractivity contribution in [1.82, 2.24) is 4.98 Å². The molecule has 0 saturated heterocycles. The number of nitrogens with one attached hydrogen (secondary N) is 1. The molecule has 0 radical (unpaired) electrons. The third-order valence-electron chi connectivity index (χ3n) is 6.76. The maximum absolute atomic E-state index is 13.5. The molecule has 1 amide bonds. The standard InChI is InChI=1S/C23H25BrN2O3/c1-28-17-4-6-18(7-5-17)29-20-19(3-2-8-25-20)26-21(27)22-10-15-9-16(11-22)13-23(24,12-15)14-22/h2-8,15-16H,9-14H2,1H3,(H,26,27)/t15-,16-,22?,23?/m1/s1. The number of anilines is 1. The Balaban J connectivity index is 1.36. The molecule has 6 heteroatoms. The number of methoxy groups -OCH3 is 1. The molecule has 5 nitrogen and oxygen atoms in total. The molecular formula is C23H25BrN2O3. The lowest BCUT2D eigenvalue weighted by atomic mass is 9.49. The van der Waals surface area contributed by atoms with Gasteiger partial charge in [0, 0.05) is 10.5 Å². The minimum Gasteiger partial charge on any atom is -0.497 e. The largest absolute Gasteiger partial charge is 0.497 e. The van der Waals surface area contributed by atoms with E-state index in [9.17, 15) is 4.79 Å². The number of amides is 1. The van der Waals surface area contributed by atoms with E-state index >= 15 is 0 Å². The van der Waals surface area contributed by atoms with Crippen LogP contribution in [0.5, 0.6) is 17.4 Å². The van der Waals surface area contributed by atoms with Gasteiger partial charge in [-0.2, -0.15) is 0 Å². The van der Waals surface area contributed by atoms with Crippen LogP contribution in [0.1, 0.15) is 38.5 Å². The number of ether oxygens (including phenoxy) is 2. The second kappa shape index (κ2) is 7.01. The van der Waals surface area contributed by atoms with Gasteiger partial charge in [0.2, 0.25) is 11.8 Å². The van der Waals surface area contributed by atoms with Gasteiger partial charge in [0.05, 0.1) is 12.5 Å². The number of aromatic nitrogens is 1. The smallest absolute Gasteiger partial charge is 0.243 e. The Hall–Kier alpha value is -2.08. The van der Waals surface area contributed by atoms with Crippen molar-refractivity contribution in [2.24, 2.45) is 17.3 Å². The normalized spacial score (nSPS) is 32.1. The lowest BCUT2D eigenvalue weighted by molar-refractivity contribution is -0.138. The van der Waals surface area contributed by atoms with Gasteiger partial charge in [-0.3, -0.25) is 4.79 Å². The summed E-state index contributed by atoms with van der Waals surface area (Å²) in [5.74, 6) is 3.24. The quantitative estimate of drug-likeness (QED) is 0.598. The number of alkyl halides is 1. The van der Waals surface area contributed by atoms with Crippen LogP contribution in [0.25, 0.3) is 0 Å². The zero-order chi connectivity index (χ0) is 20.1. The van der Waals surface area contributed by atoms with Crippen LogP contribution in [0, 0.1) is 17.3 Å². The average Bonchev–Trinajstić information content (AvgIpc) is 2.68. The predicted molar refractivity (Wildman–Crippen MR) is 115 cm³/mol. The number of pyridine rings is 1. The Kier molecular flexibility index (Phi) is 4.57. The first-order valence-electron chi connectivity index (χ1n) is 10.2. The summed E-state index contributed by atoms with van der Waals surface area (Å²) in [4.78, 5) is 17.8. The van der Waals surface area contributed by atoms with Crippen molar-refractivity contribution in [2.45, 2.75) is 42.8 Å². The summed E-state index contributed by atoms with van der Waals surface area (Å²) in [6.45, 7) is 0. The molecule has 29 heavy (non-hydrogen) atoms. The Morgan fingerprint density at radius 1 is 1.10 bits per heavy atom. The van der Waals surface area contributed by atoms with Gasteiger partial charge < -0.3 is 14.8 Å². The Bertz CT molecular complexity index is 916. The number of carbonyl (C=O) groups is 1. The summed E-state index contributed by atoms with van der Waals surface area (Å²) in [6, 6.07) is 11.0. The molecule has 4 bridgehead atoms. The van der Waals surface area contributed by atoms with Crippen LogP contribution < -0.4 is 14.8 Å². The first-order valence-corrected chi connectivity index (χ1v) is 11.0. The predicted octanol–water partition coefficient (Wildman–Crippen LogP) is 5.55. The highest BCUT2D eigenvalue weighted by Gasteiger charge is 2.59. The molecule has 1 aromatic heterocycles. The number of rotatable bonds is 5. The van der Waals surface area contributed by atoms with Crippen molar-refractivity contribution in [3.8, 4) is 17.4 Å². The molecule has 2 atom stereocenters. The summed E-state index contributed by atoms with van der Waals surface area (Å²) in [6.07, 6.45) is 8.28. The fourth-order valence-electron chi connectivity index (χ4n) is 5.99. The van der Waals surface area contributed by atoms with E-state index in [2.05, 4.69) is 26.2 Å². The molecule has 1 N–H and O–H groups in total. The molecule has 4 aliphatic carbocycles. The monoisotopic (exact) mass is 456 g/mol. The van der Waals surface area contributed by atoms with Gasteiger partial charge in [-0.15, -0.1) is 0 Å². The molecule has 4 saturated carbocycles. The van der Waals surface area contributed by atoms with Crippen molar-refractivity contribution in [3.63, 3.8) is 0 Å². The van der Waals surface area contributed by atoms with E-state index in [-0.39, 0.29) is 15.6 Å². The van der Waals surface area contributed by atoms with Crippen LogP contribution in [0.4, 0.5) is 5.69 Å². The molecule has 1 aromatic carbocycles. The molecule has 4 fully saturated rings. The van der Waals surface area contributed by atoms with Crippen molar-refractivity contribution in [3.05, 3.63) is 42.6 Å². The number of benzene rings is 1. The highest BCUT2D eigenvalue weighted by atomic mass is 79.9. The van der Waals surface area contributed by atoms with E-state index in [1.54, 1.807) is 13.3 Å². The summed E-state index contributed by atoms with van der Waals surface area (Å²) in [5, 5.41) is 3.16. The fraction of sp³-hybridized carbons (Fsp3) is 0.478. The first-order chi connectivity index (χ1) is 14.0. The zero-order valence-electron chi connectivity index (χ0n) is 16.5. The second-order valence-electron chi connectivity index (χ2n) is 8.98. The van der Waals surface area contributed by atoms with E-state index in [0.717, 1.165) is 25.0 Å². The van der Waals surface area contributed by atoms with Crippen molar-refractivity contribution >= 4 is 27.5 Å². The number of hydrogen-bond acceptors (Lipinski definition) is 4. The Morgan fingerprint density at radius 3 is 2.45 bits per heavy atom. The summed E-state index contributed by atoms with van der Waals surface area (Å²) in [7, 11) is 1.63. The van der Waals surface area contributed by atoms with Gasteiger partial charge in [-0.25, -0.2) is 4.98 Å². The minimum absolute atomic E-state index is 0.114. The van der Waals surface area contributed by atoms with Crippen LogP contribution in [-0.4, -0.2) is 22.3 Å². The number of hydrogen-bond donors (Lipinski definition) is 1. The van der Waals surface area contributed by atoms with Gasteiger partial charge >= 0.3 is 0 Å². The topological polar surface area (TPSA) is 60.5 Å². The molecule has 2 aromatic rings. The molecule has 0 aliphatic heterocycles. The van der Waals surface area contributed by atoms with Crippen LogP contribution in [0.2, 0.25) is 0 Å². The van der Waals surface area contributed by atoms with E-state index in [1.165, 1.54) is 19.3 Å². The molecule has 0 unspecified atom stereocenters. The maximum Gasteiger partial charge on any atom is 0.243 e. The van der Waals surface area contributed by atoms with Crippen molar-refractivity contribution < 1.29 is 14.3 Å².